The highest BCUT2D eigenvalue weighted by molar-refractivity contribution is 5.71. The van der Waals surface area contributed by atoms with Gasteiger partial charge in [-0.25, -0.2) is 0 Å². The Morgan fingerprint density at radius 2 is 1.15 bits per heavy atom. The molecule has 0 spiro atoms. The normalized spacial score (nSPS) is 16.1. The Morgan fingerprint density at radius 1 is 0.606 bits per heavy atom. The van der Waals surface area contributed by atoms with Crippen LogP contribution >= 0.6 is 0 Å². The van der Waals surface area contributed by atoms with Crippen molar-refractivity contribution in [2.45, 2.75) is 117 Å². The molecule has 0 N–H and O–H groups in total. The van der Waals surface area contributed by atoms with Gasteiger partial charge < -0.3 is 0 Å². The summed E-state index contributed by atoms with van der Waals surface area (Å²) in [5.41, 5.74) is 7.16. The summed E-state index contributed by atoms with van der Waals surface area (Å²) in [6.45, 7) is 4.59. The van der Waals surface area contributed by atoms with Gasteiger partial charge in [0.1, 0.15) is 0 Å². The highest BCUT2D eigenvalue weighted by Gasteiger charge is 2.15. The molecule has 0 bridgehead atoms. The Kier molecular flexibility index (Phi) is 11.8. The molecule has 180 valence electrons. The molecule has 33 heavy (non-hydrogen) atoms. The van der Waals surface area contributed by atoms with E-state index in [1.54, 1.807) is 5.57 Å². The molecule has 1 unspecified atom stereocenters. The standard InChI is InChI=1S/C33H48/c1-3-5-7-9-11-13-15-29-18-22-31(23-19-29)33-26-24-32(25-27-33)30-20-16-28(17-21-30)14-12-10-8-6-4-2/h18-20,22-28H,3-17,21H2,1-2H3. The molecule has 0 aromatic heterocycles. The summed E-state index contributed by atoms with van der Waals surface area (Å²) >= 11 is 0. The second-order valence-corrected chi connectivity index (χ2v) is 10.4. The van der Waals surface area contributed by atoms with Crippen molar-refractivity contribution in [2.75, 3.05) is 0 Å². The maximum absolute atomic E-state index is 2.53. The molecule has 1 atom stereocenters. The molecule has 0 fully saturated rings. The van der Waals surface area contributed by atoms with Crippen LogP contribution in [0.1, 0.15) is 121 Å². The molecule has 3 rings (SSSR count). The molecule has 2 aromatic carbocycles. The van der Waals surface area contributed by atoms with Gasteiger partial charge in [0.25, 0.3) is 0 Å². The van der Waals surface area contributed by atoms with Crippen LogP contribution in [0.3, 0.4) is 0 Å². The monoisotopic (exact) mass is 444 g/mol. The van der Waals surface area contributed by atoms with Crippen LogP contribution < -0.4 is 0 Å². The molecule has 2 aromatic rings. The smallest absolute Gasteiger partial charge is 0.0184 e. The Bertz CT molecular complexity index is 793. The van der Waals surface area contributed by atoms with E-state index in [1.165, 1.54) is 125 Å². The van der Waals surface area contributed by atoms with Gasteiger partial charge >= 0.3 is 0 Å². The van der Waals surface area contributed by atoms with E-state index in [1.807, 2.05) is 0 Å². The summed E-state index contributed by atoms with van der Waals surface area (Å²) in [6.07, 6.45) is 24.4. The Morgan fingerprint density at radius 3 is 1.76 bits per heavy atom. The lowest BCUT2D eigenvalue weighted by atomic mass is 9.83. The van der Waals surface area contributed by atoms with Gasteiger partial charge in [0, 0.05) is 0 Å². The number of hydrogen-bond acceptors (Lipinski definition) is 0. The van der Waals surface area contributed by atoms with Gasteiger partial charge in [-0.1, -0.05) is 139 Å². The summed E-state index contributed by atoms with van der Waals surface area (Å²) in [5.74, 6) is 0.921. The van der Waals surface area contributed by atoms with Gasteiger partial charge in [0.2, 0.25) is 0 Å². The second-order valence-electron chi connectivity index (χ2n) is 10.4. The number of allylic oxidation sites excluding steroid dienone is 2. The molecule has 1 aliphatic rings. The number of unbranched alkanes of at least 4 members (excludes halogenated alkanes) is 9. The van der Waals surface area contributed by atoms with Crippen molar-refractivity contribution in [3.8, 4) is 11.1 Å². The molecule has 0 aliphatic heterocycles. The molecular formula is C33H48. The van der Waals surface area contributed by atoms with Crippen molar-refractivity contribution in [2.24, 2.45) is 5.92 Å². The second kappa shape index (κ2) is 15.2. The van der Waals surface area contributed by atoms with Crippen LogP contribution in [-0.4, -0.2) is 0 Å². The maximum Gasteiger partial charge on any atom is -0.0184 e. The minimum absolute atomic E-state index is 0.921. The van der Waals surface area contributed by atoms with Crippen molar-refractivity contribution in [1.29, 1.82) is 0 Å². The zero-order valence-corrected chi connectivity index (χ0v) is 21.6. The van der Waals surface area contributed by atoms with Gasteiger partial charge in [-0.15, -0.1) is 0 Å². The third-order valence-electron chi connectivity index (χ3n) is 7.60. The molecule has 0 amide bonds. The van der Waals surface area contributed by atoms with E-state index in [0.717, 1.165) is 5.92 Å². The molecule has 0 radical (unpaired) electrons. The van der Waals surface area contributed by atoms with E-state index in [4.69, 9.17) is 0 Å². The lowest BCUT2D eigenvalue weighted by Gasteiger charge is -2.22. The molecule has 0 heterocycles. The van der Waals surface area contributed by atoms with E-state index in [9.17, 15) is 0 Å². The average Bonchev–Trinajstić information content (AvgIpc) is 2.87. The van der Waals surface area contributed by atoms with Crippen LogP contribution in [0.2, 0.25) is 0 Å². The van der Waals surface area contributed by atoms with E-state index >= 15 is 0 Å². The third kappa shape index (κ3) is 9.15. The lowest BCUT2D eigenvalue weighted by molar-refractivity contribution is 0.423. The number of rotatable bonds is 15. The predicted molar refractivity (Wildman–Crippen MR) is 148 cm³/mol. The highest BCUT2D eigenvalue weighted by atomic mass is 14.2. The van der Waals surface area contributed by atoms with Gasteiger partial charge in [0.05, 0.1) is 0 Å². The van der Waals surface area contributed by atoms with E-state index in [0.29, 0.717) is 0 Å². The van der Waals surface area contributed by atoms with Crippen molar-refractivity contribution >= 4 is 5.57 Å². The largest absolute Gasteiger partial charge is 0.0804 e. The van der Waals surface area contributed by atoms with Crippen molar-refractivity contribution < 1.29 is 0 Å². The lowest BCUT2D eigenvalue weighted by Crippen LogP contribution is -2.05. The fourth-order valence-electron chi connectivity index (χ4n) is 5.30. The fourth-order valence-corrected chi connectivity index (χ4v) is 5.30. The maximum atomic E-state index is 2.53. The fraction of sp³-hybridized carbons (Fsp3) is 0.576. The zero-order chi connectivity index (χ0) is 23.1. The molecule has 1 aliphatic carbocycles. The summed E-state index contributed by atoms with van der Waals surface area (Å²) in [4.78, 5) is 0. The Labute approximate surface area is 204 Å². The van der Waals surface area contributed by atoms with Crippen LogP contribution in [-0.2, 0) is 6.42 Å². The van der Waals surface area contributed by atoms with Gasteiger partial charge in [0.15, 0.2) is 0 Å². The van der Waals surface area contributed by atoms with E-state index in [-0.39, 0.29) is 0 Å². The summed E-state index contributed by atoms with van der Waals surface area (Å²) in [7, 11) is 0. The third-order valence-corrected chi connectivity index (χ3v) is 7.60. The first-order chi connectivity index (χ1) is 16.3. The minimum atomic E-state index is 0.921. The number of aryl methyl sites for hydroxylation is 1. The first-order valence-electron chi connectivity index (χ1n) is 14.2. The van der Waals surface area contributed by atoms with Crippen LogP contribution in [0.4, 0.5) is 0 Å². The molecule has 0 nitrogen and oxygen atoms in total. The molecule has 0 heteroatoms. The SMILES string of the molecule is CCCCCCCCc1ccc(-c2ccc(C3=CCC(CCCCCCC)CC3)cc2)cc1. The van der Waals surface area contributed by atoms with Crippen LogP contribution in [0.25, 0.3) is 16.7 Å². The Balaban J connectivity index is 1.43. The highest BCUT2D eigenvalue weighted by Crippen LogP contribution is 2.33. The molecule has 0 saturated carbocycles. The van der Waals surface area contributed by atoms with E-state index in [2.05, 4.69) is 68.5 Å². The van der Waals surface area contributed by atoms with Crippen LogP contribution in [0.5, 0.6) is 0 Å². The van der Waals surface area contributed by atoms with E-state index < -0.39 is 0 Å². The quantitative estimate of drug-likeness (QED) is 0.240. The number of benzene rings is 2. The minimum Gasteiger partial charge on any atom is -0.0804 e. The predicted octanol–water partition coefficient (Wildman–Crippen LogP) is 10.8. The van der Waals surface area contributed by atoms with Crippen molar-refractivity contribution in [1.82, 2.24) is 0 Å². The van der Waals surface area contributed by atoms with Gasteiger partial charge in [-0.05, 0) is 65.8 Å². The molecular weight excluding hydrogens is 396 g/mol. The zero-order valence-electron chi connectivity index (χ0n) is 21.6. The van der Waals surface area contributed by atoms with Gasteiger partial charge in [-0.3, -0.25) is 0 Å². The van der Waals surface area contributed by atoms with Crippen LogP contribution in [0, 0.1) is 5.92 Å². The average molecular weight is 445 g/mol. The summed E-state index contributed by atoms with van der Waals surface area (Å²) in [6, 6.07) is 18.6. The van der Waals surface area contributed by atoms with Crippen LogP contribution in [0.15, 0.2) is 54.6 Å². The van der Waals surface area contributed by atoms with Crippen molar-refractivity contribution in [3.05, 3.63) is 65.7 Å². The molecule has 0 saturated heterocycles. The summed E-state index contributed by atoms with van der Waals surface area (Å²) in [5, 5.41) is 0. The first kappa shape index (κ1) is 25.8. The van der Waals surface area contributed by atoms with Crippen molar-refractivity contribution in [3.63, 3.8) is 0 Å². The topological polar surface area (TPSA) is 0 Å². The van der Waals surface area contributed by atoms with Gasteiger partial charge in [-0.2, -0.15) is 0 Å². The first-order valence-corrected chi connectivity index (χ1v) is 14.2. The number of hydrogen-bond donors (Lipinski definition) is 0. The Hall–Kier alpha value is -1.82. The summed E-state index contributed by atoms with van der Waals surface area (Å²) < 4.78 is 0.